The zero-order chi connectivity index (χ0) is 13.5. The van der Waals surface area contributed by atoms with Gasteiger partial charge in [-0.2, -0.15) is 0 Å². The van der Waals surface area contributed by atoms with Crippen molar-refractivity contribution in [1.29, 1.82) is 0 Å². The van der Waals surface area contributed by atoms with E-state index in [0.29, 0.717) is 18.2 Å². The number of nitrogens with zero attached hydrogens (tertiary/aromatic N) is 1. The van der Waals surface area contributed by atoms with Crippen LogP contribution in [0.25, 0.3) is 0 Å². The molecule has 1 unspecified atom stereocenters. The minimum absolute atomic E-state index is 0.498. The van der Waals surface area contributed by atoms with E-state index in [-0.39, 0.29) is 0 Å². The van der Waals surface area contributed by atoms with Crippen molar-refractivity contribution in [3.05, 3.63) is 29.8 Å². The molecule has 4 heteroatoms. The number of carbonyl (C=O) groups is 1. The molecule has 0 radical (unpaired) electrons. The fourth-order valence-electron chi connectivity index (χ4n) is 2.23. The van der Waals surface area contributed by atoms with Crippen LogP contribution in [0.4, 0.5) is 0 Å². The third-order valence-corrected chi connectivity index (χ3v) is 3.47. The van der Waals surface area contributed by atoms with Gasteiger partial charge in [-0.05, 0) is 25.5 Å². The molecule has 1 aromatic rings. The molecule has 2 rings (SSSR count). The average molecular weight is 263 g/mol. The van der Waals surface area contributed by atoms with Crippen LogP contribution in [-0.4, -0.2) is 50.1 Å². The lowest BCUT2D eigenvalue weighted by Crippen LogP contribution is -2.42. The van der Waals surface area contributed by atoms with Crippen LogP contribution in [0, 0.1) is 0 Å². The van der Waals surface area contributed by atoms with Crippen LogP contribution in [-0.2, 0) is 4.74 Å². The molecule has 0 N–H and O–H groups in total. The molecule has 104 valence electrons. The normalized spacial score (nSPS) is 17.9. The topological polar surface area (TPSA) is 38.8 Å². The summed E-state index contributed by atoms with van der Waals surface area (Å²) in [4.78, 5) is 13.1. The summed E-state index contributed by atoms with van der Waals surface area (Å²) in [7, 11) is 0. The number of rotatable bonds is 6. The second-order valence-electron chi connectivity index (χ2n) is 4.82. The lowest BCUT2D eigenvalue weighted by atomic mass is 10.2. The van der Waals surface area contributed by atoms with E-state index in [9.17, 15) is 4.79 Å². The molecule has 0 bridgehead atoms. The van der Waals surface area contributed by atoms with E-state index in [0.717, 1.165) is 44.8 Å². The lowest BCUT2D eigenvalue weighted by molar-refractivity contribution is 0.0161. The first-order valence-corrected chi connectivity index (χ1v) is 6.79. The van der Waals surface area contributed by atoms with Crippen molar-refractivity contribution in [3.8, 4) is 5.75 Å². The Kier molecular flexibility index (Phi) is 5.36. The Labute approximate surface area is 114 Å². The molecule has 1 aromatic carbocycles. The van der Waals surface area contributed by atoms with Crippen LogP contribution in [0.2, 0.25) is 0 Å². The Balaban J connectivity index is 1.74. The van der Waals surface area contributed by atoms with Gasteiger partial charge in [0.05, 0.1) is 19.8 Å². The first-order chi connectivity index (χ1) is 9.29. The van der Waals surface area contributed by atoms with Gasteiger partial charge in [0.2, 0.25) is 0 Å². The van der Waals surface area contributed by atoms with Crippen molar-refractivity contribution in [2.45, 2.75) is 19.4 Å². The second-order valence-corrected chi connectivity index (χ2v) is 4.82. The van der Waals surface area contributed by atoms with Crippen molar-refractivity contribution in [2.24, 2.45) is 0 Å². The third kappa shape index (κ3) is 4.33. The molecule has 0 aromatic heterocycles. The molecule has 1 saturated heterocycles. The summed E-state index contributed by atoms with van der Waals surface area (Å²) in [5.74, 6) is 0.763. The first kappa shape index (κ1) is 14.0. The molecule has 1 aliphatic rings. The number of ether oxygens (including phenoxy) is 2. The summed E-state index contributed by atoms with van der Waals surface area (Å²) < 4.78 is 11.0. The van der Waals surface area contributed by atoms with Gasteiger partial charge >= 0.3 is 0 Å². The third-order valence-electron chi connectivity index (χ3n) is 3.47. The fourth-order valence-corrected chi connectivity index (χ4v) is 2.23. The highest BCUT2D eigenvalue weighted by Crippen LogP contribution is 2.13. The molecule has 0 saturated carbocycles. The zero-order valence-electron chi connectivity index (χ0n) is 11.4. The number of aldehydes is 1. The van der Waals surface area contributed by atoms with E-state index in [1.54, 1.807) is 12.1 Å². The van der Waals surface area contributed by atoms with Crippen molar-refractivity contribution < 1.29 is 14.3 Å². The smallest absolute Gasteiger partial charge is 0.150 e. The minimum atomic E-state index is 0.498. The predicted molar refractivity (Wildman–Crippen MR) is 73.8 cm³/mol. The van der Waals surface area contributed by atoms with Gasteiger partial charge in [-0.15, -0.1) is 0 Å². The molecule has 0 amide bonds. The van der Waals surface area contributed by atoms with E-state index in [1.807, 2.05) is 12.1 Å². The molecular formula is C15H21NO3. The van der Waals surface area contributed by atoms with E-state index in [2.05, 4.69) is 11.8 Å². The van der Waals surface area contributed by atoms with E-state index in [4.69, 9.17) is 9.47 Å². The van der Waals surface area contributed by atoms with Gasteiger partial charge in [0.1, 0.15) is 12.0 Å². The Morgan fingerprint density at radius 2 is 2.21 bits per heavy atom. The largest absolute Gasteiger partial charge is 0.494 e. The summed E-state index contributed by atoms with van der Waals surface area (Å²) in [5, 5.41) is 0. The number of carbonyl (C=O) groups excluding carboxylic acids is 1. The minimum Gasteiger partial charge on any atom is -0.494 e. The van der Waals surface area contributed by atoms with Gasteiger partial charge < -0.3 is 9.47 Å². The number of morpholine rings is 1. The monoisotopic (exact) mass is 263 g/mol. The van der Waals surface area contributed by atoms with Crippen molar-refractivity contribution in [3.63, 3.8) is 0 Å². The molecule has 1 atom stereocenters. The molecular weight excluding hydrogens is 242 g/mol. The van der Waals surface area contributed by atoms with Crippen molar-refractivity contribution in [2.75, 3.05) is 32.9 Å². The van der Waals surface area contributed by atoms with E-state index in [1.165, 1.54) is 0 Å². The highest BCUT2D eigenvalue weighted by Gasteiger charge is 2.16. The maximum atomic E-state index is 10.7. The molecule has 1 aliphatic heterocycles. The molecule has 0 aliphatic carbocycles. The Morgan fingerprint density at radius 3 is 2.95 bits per heavy atom. The van der Waals surface area contributed by atoms with Crippen LogP contribution in [0.3, 0.4) is 0 Å². The second kappa shape index (κ2) is 7.26. The zero-order valence-corrected chi connectivity index (χ0v) is 11.4. The summed E-state index contributed by atoms with van der Waals surface area (Å²) in [6.07, 6.45) is 1.81. The van der Waals surface area contributed by atoms with E-state index < -0.39 is 0 Å². The van der Waals surface area contributed by atoms with Gasteiger partial charge in [-0.3, -0.25) is 9.69 Å². The maximum absolute atomic E-state index is 10.7. The van der Waals surface area contributed by atoms with Crippen LogP contribution >= 0.6 is 0 Å². The summed E-state index contributed by atoms with van der Waals surface area (Å²) >= 11 is 0. The standard InChI is InChI=1S/C15H21NO3/c1-13(16-6-9-18-10-7-16)5-8-19-15-4-2-3-14(11-15)12-17/h2-4,11-13H,5-10H2,1H3. The summed E-state index contributed by atoms with van der Waals surface area (Å²) in [6, 6.07) is 7.76. The SMILES string of the molecule is CC(CCOc1cccc(C=O)c1)N1CCOCC1. The molecule has 1 fully saturated rings. The van der Waals surface area contributed by atoms with Gasteiger partial charge in [-0.1, -0.05) is 12.1 Å². The van der Waals surface area contributed by atoms with Crippen LogP contribution < -0.4 is 4.74 Å². The number of hydrogen-bond donors (Lipinski definition) is 0. The fraction of sp³-hybridized carbons (Fsp3) is 0.533. The number of hydrogen-bond acceptors (Lipinski definition) is 4. The lowest BCUT2D eigenvalue weighted by Gasteiger charge is -2.32. The van der Waals surface area contributed by atoms with Gasteiger partial charge in [0.15, 0.2) is 0 Å². The highest BCUT2D eigenvalue weighted by molar-refractivity contribution is 5.75. The van der Waals surface area contributed by atoms with Gasteiger partial charge in [-0.25, -0.2) is 0 Å². The molecule has 1 heterocycles. The molecule has 19 heavy (non-hydrogen) atoms. The Morgan fingerprint density at radius 1 is 1.42 bits per heavy atom. The molecule has 0 spiro atoms. The van der Waals surface area contributed by atoms with E-state index >= 15 is 0 Å². The Hall–Kier alpha value is -1.39. The quantitative estimate of drug-likeness (QED) is 0.736. The van der Waals surface area contributed by atoms with Crippen molar-refractivity contribution in [1.82, 2.24) is 4.90 Å². The van der Waals surface area contributed by atoms with Crippen LogP contribution in [0.1, 0.15) is 23.7 Å². The van der Waals surface area contributed by atoms with Gasteiger partial charge in [0.25, 0.3) is 0 Å². The maximum Gasteiger partial charge on any atom is 0.150 e. The Bertz CT molecular complexity index is 402. The highest BCUT2D eigenvalue weighted by atomic mass is 16.5. The first-order valence-electron chi connectivity index (χ1n) is 6.79. The predicted octanol–water partition coefficient (Wildman–Crippen LogP) is 1.99. The van der Waals surface area contributed by atoms with Crippen LogP contribution in [0.5, 0.6) is 5.75 Å². The average Bonchev–Trinajstić information content (AvgIpc) is 2.48. The van der Waals surface area contributed by atoms with Crippen molar-refractivity contribution >= 4 is 6.29 Å². The summed E-state index contributed by atoms with van der Waals surface area (Å²) in [5.41, 5.74) is 0.652. The van der Waals surface area contributed by atoms with Crippen LogP contribution in [0.15, 0.2) is 24.3 Å². The summed E-state index contributed by atoms with van der Waals surface area (Å²) in [6.45, 7) is 6.54. The number of benzene rings is 1. The molecule has 4 nitrogen and oxygen atoms in total. The van der Waals surface area contributed by atoms with Gasteiger partial charge in [0, 0.05) is 24.7 Å².